The van der Waals surface area contributed by atoms with E-state index in [1.807, 2.05) is 7.11 Å². The lowest BCUT2D eigenvalue weighted by Gasteiger charge is -2.34. The Morgan fingerprint density at radius 1 is 1.07 bits per heavy atom. The second kappa shape index (κ2) is 4.98. The van der Waals surface area contributed by atoms with E-state index in [4.69, 9.17) is 8.85 Å². The van der Waals surface area contributed by atoms with Gasteiger partial charge in [0.05, 0.1) is 0 Å². The van der Waals surface area contributed by atoms with Crippen LogP contribution in [-0.4, -0.2) is 22.3 Å². The van der Waals surface area contributed by atoms with Gasteiger partial charge in [-0.15, -0.1) is 0 Å². The minimum absolute atomic E-state index is 0.752. The van der Waals surface area contributed by atoms with E-state index >= 15 is 0 Å². The van der Waals surface area contributed by atoms with E-state index in [0.717, 1.165) is 18.1 Å². The Balaban J connectivity index is 1.82. The zero-order chi connectivity index (χ0) is 10.7. The van der Waals surface area contributed by atoms with Gasteiger partial charge < -0.3 is 8.85 Å². The van der Waals surface area contributed by atoms with Crippen LogP contribution in [0.1, 0.15) is 44.9 Å². The Morgan fingerprint density at radius 2 is 1.73 bits per heavy atom. The van der Waals surface area contributed by atoms with Crippen LogP contribution in [0.15, 0.2) is 0 Å². The van der Waals surface area contributed by atoms with E-state index < -0.39 is 8.56 Å². The maximum Gasteiger partial charge on any atom is 0.337 e. The van der Waals surface area contributed by atoms with Gasteiger partial charge in [-0.05, 0) is 38.1 Å². The number of rotatable bonds is 5. The largest absolute Gasteiger partial charge is 0.398 e. The molecule has 0 aromatic carbocycles. The molecule has 2 rings (SSSR count). The smallest absolute Gasteiger partial charge is 0.337 e. The fourth-order valence-corrected chi connectivity index (χ4v) is 5.45. The molecular weight excluding hydrogens is 204 g/mol. The molecule has 2 aliphatic rings. The molecule has 0 saturated heterocycles. The molecule has 0 spiro atoms. The molecule has 2 saturated carbocycles. The third kappa shape index (κ3) is 2.63. The lowest BCUT2D eigenvalue weighted by Crippen LogP contribution is -2.43. The number of hydrogen-bond acceptors (Lipinski definition) is 2. The van der Waals surface area contributed by atoms with E-state index in [2.05, 4.69) is 6.55 Å². The summed E-state index contributed by atoms with van der Waals surface area (Å²) in [6, 6.07) is 0. The van der Waals surface area contributed by atoms with Gasteiger partial charge in [0.1, 0.15) is 0 Å². The van der Waals surface area contributed by atoms with Gasteiger partial charge in [-0.1, -0.05) is 19.3 Å². The molecule has 0 aromatic heterocycles. The Hall–Kier alpha value is 0.137. The quantitative estimate of drug-likeness (QED) is 0.671. The lowest BCUT2D eigenvalue weighted by molar-refractivity contribution is 0.127. The average molecular weight is 228 g/mol. The van der Waals surface area contributed by atoms with Crippen molar-refractivity contribution in [2.45, 2.75) is 57.0 Å². The molecule has 1 unspecified atom stereocenters. The molecule has 15 heavy (non-hydrogen) atoms. The number of hydrogen-bond donors (Lipinski definition) is 0. The summed E-state index contributed by atoms with van der Waals surface area (Å²) >= 11 is 0. The van der Waals surface area contributed by atoms with Crippen molar-refractivity contribution in [1.29, 1.82) is 0 Å². The highest BCUT2D eigenvalue weighted by atomic mass is 28.4. The van der Waals surface area contributed by atoms with Crippen LogP contribution in [0.25, 0.3) is 0 Å². The van der Waals surface area contributed by atoms with Crippen molar-refractivity contribution in [2.24, 2.45) is 5.92 Å². The summed E-state index contributed by atoms with van der Waals surface area (Å²) in [6.07, 6.45) is 9.58. The van der Waals surface area contributed by atoms with Gasteiger partial charge in [-0.2, -0.15) is 0 Å². The normalized spacial score (nSPS) is 27.6. The fraction of sp³-hybridized carbons (Fsp3) is 1.00. The van der Waals surface area contributed by atoms with Crippen LogP contribution in [0, 0.1) is 5.92 Å². The van der Waals surface area contributed by atoms with Crippen LogP contribution in [0.5, 0.6) is 0 Å². The molecule has 0 radical (unpaired) electrons. The maximum atomic E-state index is 6.18. The SMILES string of the molecule is CO[Si](C)(OCC1CCC1)C1CCCC1. The topological polar surface area (TPSA) is 18.5 Å². The van der Waals surface area contributed by atoms with E-state index in [0.29, 0.717) is 0 Å². The molecular formula is C12H24O2Si. The Bertz CT molecular complexity index is 200. The van der Waals surface area contributed by atoms with Crippen molar-refractivity contribution in [3.8, 4) is 0 Å². The lowest BCUT2D eigenvalue weighted by atomic mass is 9.86. The molecule has 88 valence electrons. The zero-order valence-electron chi connectivity index (χ0n) is 10.1. The molecule has 0 N–H and O–H groups in total. The van der Waals surface area contributed by atoms with Gasteiger partial charge in [0.15, 0.2) is 0 Å². The molecule has 2 nitrogen and oxygen atoms in total. The van der Waals surface area contributed by atoms with Gasteiger partial charge in [0.2, 0.25) is 0 Å². The van der Waals surface area contributed by atoms with Crippen LogP contribution in [0.2, 0.25) is 12.1 Å². The first-order valence-corrected chi connectivity index (χ1v) is 8.83. The Labute approximate surface area is 94.6 Å². The van der Waals surface area contributed by atoms with Crippen molar-refractivity contribution in [2.75, 3.05) is 13.7 Å². The second-order valence-electron chi connectivity index (χ2n) is 5.31. The van der Waals surface area contributed by atoms with Crippen molar-refractivity contribution in [1.82, 2.24) is 0 Å². The second-order valence-corrected chi connectivity index (χ2v) is 8.85. The van der Waals surface area contributed by atoms with Crippen molar-refractivity contribution in [3.05, 3.63) is 0 Å². The monoisotopic (exact) mass is 228 g/mol. The highest BCUT2D eigenvalue weighted by Gasteiger charge is 2.42. The molecule has 0 bridgehead atoms. The summed E-state index contributed by atoms with van der Waals surface area (Å²) in [5.41, 5.74) is 0.752. The average Bonchev–Trinajstić information content (AvgIpc) is 2.68. The summed E-state index contributed by atoms with van der Waals surface area (Å²) in [4.78, 5) is 0. The minimum Gasteiger partial charge on any atom is -0.398 e. The summed E-state index contributed by atoms with van der Waals surface area (Å²) in [7, 11) is 0.0170. The molecule has 0 heterocycles. The molecule has 2 fully saturated rings. The zero-order valence-corrected chi connectivity index (χ0v) is 11.1. The highest BCUT2D eigenvalue weighted by Crippen LogP contribution is 2.40. The first-order valence-electron chi connectivity index (χ1n) is 6.44. The predicted octanol–water partition coefficient (Wildman–Crippen LogP) is 3.47. The fourth-order valence-electron chi connectivity index (χ4n) is 2.74. The summed E-state index contributed by atoms with van der Waals surface area (Å²) < 4.78 is 11.9. The van der Waals surface area contributed by atoms with E-state index in [1.165, 1.54) is 44.9 Å². The molecule has 0 aromatic rings. The van der Waals surface area contributed by atoms with Gasteiger partial charge in [0, 0.05) is 19.3 Å². The van der Waals surface area contributed by atoms with Crippen molar-refractivity contribution >= 4 is 8.56 Å². The standard InChI is InChI=1S/C12H24O2Si/c1-13-15(2,12-8-3-4-9-12)14-10-11-6-5-7-11/h11-12H,3-10H2,1-2H3. The van der Waals surface area contributed by atoms with Gasteiger partial charge in [-0.25, -0.2) is 0 Å². The maximum absolute atomic E-state index is 6.18. The molecule has 1 atom stereocenters. The van der Waals surface area contributed by atoms with Gasteiger partial charge in [0.25, 0.3) is 0 Å². The van der Waals surface area contributed by atoms with Crippen molar-refractivity contribution < 1.29 is 8.85 Å². The summed E-state index contributed by atoms with van der Waals surface area (Å²) in [5.74, 6) is 0.841. The predicted molar refractivity (Wildman–Crippen MR) is 64.1 cm³/mol. The van der Waals surface area contributed by atoms with Crippen LogP contribution >= 0.6 is 0 Å². The van der Waals surface area contributed by atoms with Crippen LogP contribution < -0.4 is 0 Å². The third-order valence-corrected chi connectivity index (χ3v) is 7.94. The minimum atomic E-state index is -1.84. The third-order valence-electron chi connectivity index (χ3n) is 4.33. The van der Waals surface area contributed by atoms with E-state index in [9.17, 15) is 0 Å². The van der Waals surface area contributed by atoms with E-state index in [1.54, 1.807) is 0 Å². The highest BCUT2D eigenvalue weighted by molar-refractivity contribution is 6.67. The van der Waals surface area contributed by atoms with Gasteiger partial charge in [-0.3, -0.25) is 0 Å². The Kier molecular flexibility index (Phi) is 3.86. The molecule has 0 aliphatic heterocycles. The Morgan fingerprint density at radius 3 is 2.20 bits per heavy atom. The van der Waals surface area contributed by atoms with Crippen LogP contribution in [-0.2, 0) is 8.85 Å². The van der Waals surface area contributed by atoms with Gasteiger partial charge >= 0.3 is 8.56 Å². The first kappa shape index (κ1) is 11.6. The molecule has 2 aliphatic carbocycles. The molecule has 0 amide bonds. The summed E-state index contributed by atoms with van der Waals surface area (Å²) in [6.45, 7) is 3.23. The summed E-state index contributed by atoms with van der Waals surface area (Å²) in [5, 5.41) is 0. The van der Waals surface area contributed by atoms with Crippen LogP contribution in [0.3, 0.4) is 0 Å². The molecule has 3 heteroatoms. The van der Waals surface area contributed by atoms with Crippen LogP contribution in [0.4, 0.5) is 0 Å². The van der Waals surface area contributed by atoms with E-state index in [-0.39, 0.29) is 0 Å². The first-order chi connectivity index (χ1) is 7.24. The van der Waals surface area contributed by atoms with Crippen molar-refractivity contribution in [3.63, 3.8) is 0 Å².